The van der Waals surface area contributed by atoms with Crippen LogP contribution < -0.4 is 25.4 Å². The van der Waals surface area contributed by atoms with Gasteiger partial charge in [0.2, 0.25) is 0 Å². The summed E-state index contributed by atoms with van der Waals surface area (Å²) in [7, 11) is 1.57. The second-order valence-corrected chi connectivity index (χ2v) is 9.44. The number of halogens is 2. The number of anilines is 1. The van der Waals surface area contributed by atoms with E-state index in [1.54, 1.807) is 24.1 Å². The van der Waals surface area contributed by atoms with Crippen molar-refractivity contribution in [3.63, 3.8) is 0 Å². The number of piperidine rings is 1. The van der Waals surface area contributed by atoms with Crippen LogP contribution in [0.1, 0.15) is 34.3 Å². The van der Waals surface area contributed by atoms with Crippen LogP contribution in [0.5, 0.6) is 11.5 Å². The second kappa shape index (κ2) is 14.0. The van der Waals surface area contributed by atoms with Crippen molar-refractivity contribution in [1.82, 2.24) is 5.32 Å². The molecular weight excluding hydrogens is 547 g/mol. The first-order valence-corrected chi connectivity index (χ1v) is 12.8. The first-order chi connectivity index (χ1) is 18.5. The van der Waals surface area contributed by atoms with Gasteiger partial charge in [-0.1, -0.05) is 48.5 Å². The summed E-state index contributed by atoms with van der Waals surface area (Å²) < 4.78 is 12.0. The molecule has 1 fully saturated rings. The lowest BCUT2D eigenvalue weighted by molar-refractivity contribution is 0.0979. The fourth-order valence-corrected chi connectivity index (χ4v) is 4.85. The Balaban J connectivity index is 0.00000220. The van der Waals surface area contributed by atoms with Crippen molar-refractivity contribution in [2.75, 3.05) is 25.1 Å². The third kappa shape index (κ3) is 6.86. The number of methoxy groups -OCH3 is 1. The van der Waals surface area contributed by atoms with Gasteiger partial charge in [-0.2, -0.15) is 0 Å². The summed E-state index contributed by atoms with van der Waals surface area (Å²) in [5.74, 6) is 1.04. The number of para-hydroxylation sites is 3. The third-order valence-electron chi connectivity index (χ3n) is 6.87. The summed E-state index contributed by atoms with van der Waals surface area (Å²) in [4.78, 5) is 15.9. The molecule has 7 nitrogen and oxygen atoms in total. The topological polar surface area (TPSA) is 101 Å². The highest BCUT2D eigenvalue weighted by atomic mass is 35.5. The van der Waals surface area contributed by atoms with Crippen LogP contribution in [-0.4, -0.2) is 38.0 Å². The zero-order valence-corrected chi connectivity index (χ0v) is 23.9. The van der Waals surface area contributed by atoms with Gasteiger partial charge < -0.3 is 25.4 Å². The molecule has 5 rings (SSSR count). The van der Waals surface area contributed by atoms with E-state index in [9.17, 15) is 4.79 Å². The molecule has 40 heavy (non-hydrogen) atoms. The first kappa shape index (κ1) is 30.8. The van der Waals surface area contributed by atoms with Gasteiger partial charge in [-0.25, -0.2) is 0 Å². The largest absolute Gasteiger partial charge is 0.496 e. The second-order valence-electron chi connectivity index (χ2n) is 9.44. The van der Waals surface area contributed by atoms with Crippen LogP contribution in [0.2, 0.25) is 0 Å². The summed E-state index contributed by atoms with van der Waals surface area (Å²) in [5, 5.41) is 13.2. The van der Waals surface area contributed by atoms with Crippen LogP contribution in [0, 0.1) is 5.41 Å². The number of nitrogens with one attached hydrogen (secondary N) is 2. The highest BCUT2D eigenvalue weighted by molar-refractivity contribution is 6.08. The van der Waals surface area contributed by atoms with Gasteiger partial charge in [-0.05, 0) is 78.7 Å². The molecule has 1 aliphatic rings. The van der Waals surface area contributed by atoms with E-state index >= 15 is 0 Å². The predicted molar refractivity (Wildman–Crippen MR) is 166 cm³/mol. The van der Waals surface area contributed by atoms with Crippen molar-refractivity contribution in [3.8, 4) is 11.5 Å². The monoisotopic (exact) mass is 580 g/mol. The first-order valence-electron chi connectivity index (χ1n) is 12.8. The number of carbonyl (C=O) groups excluding carboxylic acids is 1. The maximum absolute atomic E-state index is 14.1. The maximum atomic E-state index is 14.1. The van der Waals surface area contributed by atoms with E-state index < -0.39 is 0 Å². The summed E-state index contributed by atoms with van der Waals surface area (Å²) in [6, 6.07) is 26.8. The lowest BCUT2D eigenvalue weighted by Gasteiger charge is -2.29. The fraction of sp³-hybridized carbons (Fsp3) is 0.226. The Labute approximate surface area is 247 Å². The summed E-state index contributed by atoms with van der Waals surface area (Å²) >= 11 is 0. The number of nitrogens with two attached hydrogens (primary N) is 1. The van der Waals surface area contributed by atoms with E-state index in [0.717, 1.165) is 42.3 Å². The molecule has 0 spiro atoms. The standard InChI is InChI=1S/C31H32N4O3.2ClH/c1-37-28-8-4-2-6-26(28)31(36)35(27-7-3-5-9-29(27)38-25-14-16-34-17-15-25)20-21-10-11-22-12-13-23(30(32)33)19-24(22)18-21;;/h2-13,18-19,25,34H,14-17,20H2,1H3,(H3,32,33);2*1H. The van der Waals surface area contributed by atoms with Crippen molar-refractivity contribution in [2.24, 2.45) is 5.73 Å². The Morgan fingerprint density at radius 2 is 1.60 bits per heavy atom. The van der Waals surface area contributed by atoms with Crippen LogP contribution in [0.15, 0.2) is 84.9 Å². The predicted octanol–water partition coefficient (Wildman–Crippen LogP) is 5.95. The molecule has 0 saturated carbocycles. The minimum Gasteiger partial charge on any atom is -0.496 e. The van der Waals surface area contributed by atoms with E-state index in [0.29, 0.717) is 34.9 Å². The van der Waals surface area contributed by atoms with E-state index in [4.69, 9.17) is 20.6 Å². The molecule has 0 atom stereocenters. The molecule has 1 aliphatic heterocycles. The SMILES string of the molecule is COc1ccccc1C(=O)N(Cc1ccc2ccc(C(=N)N)cc2c1)c1ccccc1OC1CCNCC1.Cl.Cl. The lowest BCUT2D eigenvalue weighted by atomic mass is 10.0. The number of rotatable bonds is 8. The minimum atomic E-state index is -0.179. The van der Waals surface area contributed by atoms with Crippen molar-refractivity contribution in [3.05, 3.63) is 102 Å². The number of nitrogens with zero attached hydrogens (tertiary/aromatic N) is 1. The maximum Gasteiger partial charge on any atom is 0.262 e. The normalized spacial score (nSPS) is 13.0. The zero-order valence-electron chi connectivity index (χ0n) is 22.3. The number of hydrogen-bond donors (Lipinski definition) is 3. The molecule has 0 radical (unpaired) electrons. The Kier molecular flexibility index (Phi) is 10.8. The van der Waals surface area contributed by atoms with E-state index in [2.05, 4.69) is 5.32 Å². The highest BCUT2D eigenvalue weighted by Crippen LogP contribution is 2.34. The van der Waals surface area contributed by atoms with Gasteiger partial charge in [0.05, 0.1) is 24.9 Å². The number of nitrogen functional groups attached to an aromatic ring is 1. The molecule has 4 aromatic carbocycles. The number of amides is 1. The van der Waals surface area contributed by atoms with Gasteiger partial charge in [0, 0.05) is 5.56 Å². The molecule has 210 valence electrons. The van der Waals surface area contributed by atoms with Gasteiger partial charge in [0.25, 0.3) is 5.91 Å². The van der Waals surface area contributed by atoms with Crippen LogP contribution >= 0.6 is 24.8 Å². The van der Waals surface area contributed by atoms with E-state index in [1.807, 2.05) is 72.8 Å². The molecule has 0 bridgehead atoms. The summed E-state index contributed by atoms with van der Waals surface area (Å²) in [5.41, 5.74) is 8.52. The van der Waals surface area contributed by atoms with Gasteiger partial charge in [0.1, 0.15) is 23.4 Å². The minimum absolute atomic E-state index is 0. The van der Waals surface area contributed by atoms with E-state index in [1.165, 1.54) is 0 Å². The molecule has 1 saturated heterocycles. The van der Waals surface area contributed by atoms with Gasteiger partial charge >= 0.3 is 0 Å². The zero-order chi connectivity index (χ0) is 26.5. The number of hydrogen-bond acceptors (Lipinski definition) is 5. The Morgan fingerprint density at radius 3 is 2.33 bits per heavy atom. The molecule has 1 heterocycles. The van der Waals surface area contributed by atoms with Crippen LogP contribution in [-0.2, 0) is 6.54 Å². The van der Waals surface area contributed by atoms with Gasteiger partial charge in [-0.15, -0.1) is 24.8 Å². The molecule has 0 unspecified atom stereocenters. The Morgan fingerprint density at radius 1 is 0.925 bits per heavy atom. The molecular formula is C31H34Cl2N4O3. The van der Waals surface area contributed by atoms with Crippen molar-refractivity contribution in [2.45, 2.75) is 25.5 Å². The highest BCUT2D eigenvalue weighted by Gasteiger charge is 2.25. The number of fused-ring (bicyclic) bond motifs is 1. The Hall–Kier alpha value is -3.78. The quantitative estimate of drug-likeness (QED) is 0.176. The molecule has 0 aromatic heterocycles. The van der Waals surface area contributed by atoms with Gasteiger partial charge in [0.15, 0.2) is 0 Å². The molecule has 0 aliphatic carbocycles. The van der Waals surface area contributed by atoms with Crippen LogP contribution in [0.25, 0.3) is 10.8 Å². The smallest absolute Gasteiger partial charge is 0.262 e. The average Bonchev–Trinajstić information content (AvgIpc) is 2.96. The summed E-state index contributed by atoms with van der Waals surface area (Å²) in [6.45, 7) is 2.15. The fourth-order valence-electron chi connectivity index (χ4n) is 4.85. The number of amidine groups is 1. The number of carbonyl (C=O) groups is 1. The van der Waals surface area contributed by atoms with Gasteiger partial charge in [-0.3, -0.25) is 10.2 Å². The van der Waals surface area contributed by atoms with Crippen molar-refractivity contribution >= 4 is 53.0 Å². The van der Waals surface area contributed by atoms with E-state index in [-0.39, 0.29) is 42.7 Å². The van der Waals surface area contributed by atoms with Crippen LogP contribution in [0.4, 0.5) is 5.69 Å². The lowest BCUT2D eigenvalue weighted by Crippen LogP contribution is -2.35. The van der Waals surface area contributed by atoms with Crippen molar-refractivity contribution in [1.29, 1.82) is 5.41 Å². The third-order valence-corrected chi connectivity index (χ3v) is 6.87. The molecule has 9 heteroatoms. The van der Waals surface area contributed by atoms with Crippen LogP contribution in [0.3, 0.4) is 0 Å². The average molecular weight is 582 g/mol. The Bertz CT molecular complexity index is 1470. The molecule has 4 N–H and O–H groups in total. The summed E-state index contributed by atoms with van der Waals surface area (Å²) in [6.07, 6.45) is 1.92. The number of ether oxygens (including phenoxy) is 2. The molecule has 1 amide bonds. The van der Waals surface area contributed by atoms with Crippen molar-refractivity contribution < 1.29 is 14.3 Å². The molecule has 4 aromatic rings. The number of benzene rings is 4.